The van der Waals surface area contributed by atoms with Gasteiger partial charge in [-0.25, -0.2) is 4.57 Å². The van der Waals surface area contributed by atoms with Crippen LogP contribution in [0.1, 0.15) is 290 Å². The highest BCUT2D eigenvalue weighted by atomic mass is 31.2. The Morgan fingerprint density at radius 1 is 0.455 bits per heavy atom. The topological polar surface area (TPSA) is 105 Å². The summed E-state index contributed by atoms with van der Waals surface area (Å²) in [5.74, 6) is -0.186. The van der Waals surface area contributed by atoms with E-state index in [1.54, 1.807) is 6.08 Å². The van der Waals surface area contributed by atoms with Gasteiger partial charge in [0, 0.05) is 6.42 Å². The van der Waals surface area contributed by atoms with Crippen LogP contribution in [0.15, 0.2) is 85.1 Å². The Balaban J connectivity index is 4.17. The molecule has 0 rings (SSSR count). The summed E-state index contributed by atoms with van der Waals surface area (Å²) in [6, 6.07) is -0.858. The van der Waals surface area contributed by atoms with Crippen LogP contribution in [-0.2, 0) is 18.4 Å². The average molecular weight is 1100 g/mol. The van der Waals surface area contributed by atoms with Gasteiger partial charge >= 0.3 is 7.82 Å². The molecular formula is C68H126N2O6P+. The highest BCUT2D eigenvalue weighted by Crippen LogP contribution is 2.43. The van der Waals surface area contributed by atoms with Gasteiger partial charge in [0.25, 0.3) is 0 Å². The van der Waals surface area contributed by atoms with Crippen LogP contribution >= 0.6 is 7.82 Å². The zero-order chi connectivity index (χ0) is 56.3. The number of aliphatic hydroxyl groups excluding tert-OH is 1. The van der Waals surface area contributed by atoms with E-state index in [1.807, 2.05) is 27.2 Å². The summed E-state index contributed by atoms with van der Waals surface area (Å²) in [5, 5.41) is 14.0. The molecule has 0 fully saturated rings. The fraction of sp³-hybridized carbons (Fsp3) is 0.779. The lowest BCUT2D eigenvalue weighted by Crippen LogP contribution is -2.45. The molecule has 0 aromatic carbocycles. The number of allylic oxidation sites excluding steroid dienone is 13. The van der Waals surface area contributed by atoms with Gasteiger partial charge < -0.3 is 19.8 Å². The van der Waals surface area contributed by atoms with Crippen LogP contribution in [-0.4, -0.2) is 73.4 Å². The minimum atomic E-state index is -4.36. The Hall–Kier alpha value is -2.32. The van der Waals surface area contributed by atoms with Crippen molar-refractivity contribution in [2.45, 2.75) is 302 Å². The van der Waals surface area contributed by atoms with E-state index in [9.17, 15) is 19.4 Å². The number of rotatable bonds is 59. The van der Waals surface area contributed by atoms with Crippen LogP contribution in [0.2, 0.25) is 0 Å². The van der Waals surface area contributed by atoms with Gasteiger partial charge in [-0.2, -0.15) is 0 Å². The lowest BCUT2D eigenvalue weighted by molar-refractivity contribution is -0.870. The minimum Gasteiger partial charge on any atom is -0.387 e. The molecule has 0 aliphatic heterocycles. The summed E-state index contributed by atoms with van der Waals surface area (Å²) in [5.41, 5.74) is 0. The Morgan fingerprint density at radius 3 is 1.14 bits per heavy atom. The van der Waals surface area contributed by atoms with Gasteiger partial charge in [-0.05, 0) is 70.6 Å². The van der Waals surface area contributed by atoms with Gasteiger partial charge in [-0.15, -0.1) is 0 Å². The SMILES string of the molecule is CC/C=C\C/C=C\C/C=C\C/C=C\C/C=C\C/C=C\CCCCCCCCCCC(=O)NC(COP(=O)(O)OCC[N+](C)(C)C)C(O)/C=C/CCCCCCCCCCCCCCCCCCCCCCCCCCCC. The Kier molecular flexibility index (Phi) is 56.6. The smallest absolute Gasteiger partial charge is 0.387 e. The van der Waals surface area contributed by atoms with Crippen LogP contribution in [0, 0.1) is 0 Å². The number of unbranched alkanes of at least 4 members (excludes halogenated alkanes) is 34. The van der Waals surface area contributed by atoms with Crippen molar-refractivity contribution in [3.63, 3.8) is 0 Å². The standard InChI is InChI=1S/C68H125N2O6P/c1-6-8-10-12-14-16-18-20-22-24-26-28-30-32-34-36-37-39-41-43-45-47-49-51-53-55-57-59-61-67(71)66(65-76-77(73,74)75-64-63-70(3,4)5)69-68(72)62-60-58-56-54-52-50-48-46-44-42-40-38-35-33-31-29-27-25-23-21-19-17-15-13-11-9-7-2/h9,11,15,17,21,23,27,29,33,35,40,42,59,61,66-67,71H,6-8,10,12-14,16,18-20,22,24-26,28,30-32,34,36-39,41,43-58,60,62-65H2,1-5H3,(H-,69,72,73,74)/p+1/b11-9-,17-15-,23-21-,29-27-,35-33-,42-40-,61-59+. The van der Waals surface area contributed by atoms with Gasteiger partial charge in [0.05, 0.1) is 39.9 Å². The van der Waals surface area contributed by atoms with E-state index in [0.717, 1.165) is 83.5 Å². The molecular weight excluding hydrogens is 972 g/mol. The van der Waals surface area contributed by atoms with Gasteiger partial charge in [0.1, 0.15) is 13.2 Å². The number of quaternary nitrogens is 1. The third-order valence-corrected chi connectivity index (χ3v) is 15.4. The monoisotopic (exact) mass is 1100 g/mol. The van der Waals surface area contributed by atoms with Crippen molar-refractivity contribution < 1.29 is 32.9 Å². The number of phosphoric acid groups is 1. The molecule has 0 aromatic rings. The maximum absolute atomic E-state index is 13.0. The van der Waals surface area contributed by atoms with E-state index in [1.165, 1.54) is 186 Å². The lowest BCUT2D eigenvalue weighted by Gasteiger charge is -2.25. The van der Waals surface area contributed by atoms with Crippen LogP contribution in [0.4, 0.5) is 0 Å². The van der Waals surface area contributed by atoms with E-state index in [0.29, 0.717) is 17.4 Å². The maximum atomic E-state index is 13.0. The molecule has 0 saturated heterocycles. The zero-order valence-electron chi connectivity index (χ0n) is 51.2. The van der Waals surface area contributed by atoms with Crippen molar-refractivity contribution in [2.75, 3.05) is 40.9 Å². The Bertz CT molecular complexity index is 1530. The van der Waals surface area contributed by atoms with E-state index >= 15 is 0 Å². The van der Waals surface area contributed by atoms with E-state index in [4.69, 9.17) is 9.05 Å². The first-order valence-electron chi connectivity index (χ1n) is 32.5. The average Bonchev–Trinajstić information content (AvgIpc) is 3.39. The summed E-state index contributed by atoms with van der Waals surface area (Å²) < 4.78 is 23.8. The van der Waals surface area contributed by atoms with Gasteiger partial charge in [0.15, 0.2) is 0 Å². The first-order valence-corrected chi connectivity index (χ1v) is 34.0. The molecule has 9 heteroatoms. The largest absolute Gasteiger partial charge is 0.472 e. The van der Waals surface area contributed by atoms with Crippen molar-refractivity contribution in [1.29, 1.82) is 0 Å². The Labute approximate surface area is 477 Å². The van der Waals surface area contributed by atoms with Crippen LogP contribution in [0.3, 0.4) is 0 Å². The number of hydrogen-bond donors (Lipinski definition) is 3. The van der Waals surface area contributed by atoms with Gasteiger partial charge in [0.2, 0.25) is 5.91 Å². The summed E-state index contributed by atoms with van der Waals surface area (Å²) in [4.78, 5) is 23.4. The number of nitrogens with one attached hydrogen (secondary N) is 1. The van der Waals surface area contributed by atoms with E-state index in [2.05, 4.69) is 92.1 Å². The molecule has 3 atom stereocenters. The van der Waals surface area contributed by atoms with Crippen molar-refractivity contribution in [3.8, 4) is 0 Å². The Morgan fingerprint density at radius 2 is 0.779 bits per heavy atom. The number of carbonyl (C=O) groups excluding carboxylic acids is 1. The van der Waals surface area contributed by atoms with Gasteiger partial charge in [-0.3, -0.25) is 13.8 Å². The molecule has 0 aliphatic carbocycles. The molecule has 0 bridgehead atoms. The van der Waals surface area contributed by atoms with Gasteiger partial charge in [-0.1, -0.05) is 298 Å². The second-order valence-electron chi connectivity index (χ2n) is 23.1. The molecule has 0 saturated carbocycles. The summed E-state index contributed by atoms with van der Waals surface area (Å²) >= 11 is 0. The van der Waals surface area contributed by atoms with Crippen molar-refractivity contribution in [2.24, 2.45) is 0 Å². The molecule has 0 aromatic heterocycles. The first-order chi connectivity index (χ1) is 37.5. The number of likely N-dealkylation sites (N-methyl/N-ethyl adjacent to an activating group) is 1. The quantitative estimate of drug-likeness (QED) is 0.0243. The van der Waals surface area contributed by atoms with Crippen molar-refractivity contribution >= 4 is 13.7 Å². The second-order valence-corrected chi connectivity index (χ2v) is 24.6. The molecule has 0 heterocycles. The molecule has 0 radical (unpaired) electrons. The molecule has 0 spiro atoms. The third-order valence-electron chi connectivity index (χ3n) is 14.4. The first kappa shape index (κ1) is 74.7. The van der Waals surface area contributed by atoms with Crippen molar-refractivity contribution in [1.82, 2.24) is 5.32 Å². The van der Waals surface area contributed by atoms with E-state index < -0.39 is 20.0 Å². The molecule has 448 valence electrons. The maximum Gasteiger partial charge on any atom is 0.472 e. The van der Waals surface area contributed by atoms with Crippen LogP contribution in [0.5, 0.6) is 0 Å². The molecule has 8 nitrogen and oxygen atoms in total. The highest BCUT2D eigenvalue weighted by Gasteiger charge is 2.27. The summed E-state index contributed by atoms with van der Waals surface area (Å²) in [6.45, 7) is 4.72. The fourth-order valence-electron chi connectivity index (χ4n) is 9.34. The summed E-state index contributed by atoms with van der Waals surface area (Å²) in [7, 11) is 1.56. The zero-order valence-corrected chi connectivity index (χ0v) is 52.1. The molecule has 3 N–H and O–H groups in total. The predicted molar refractivity (Wildman–Crippen MR) is 336 cm³/mol. The number of hydrogen-bond acceptors (Lipinski definition) is 5. The number of nitrogens with zero attached hydrogens (tertiary/aromatic N) is 1. The molecule has 3 unspecified atom stereocenters. The van der Waals surface area contributed by atoms with Crippen LogP contribution < -0.4 is 5.32 Å². The third kappa shape index (κ3) is 61.2. The fourth-order valence-corrected chi connectivity index (χ4v) is 10.1. The second kappa shape index (κ2) is 58.3. The normalized spacial score (nSPS) is 14.3. The molecule has 77 heavy (non-hydrogen) atoms. The number of carbonyl (C=O) groups is 1. The predicted octanol–water partition coefficient (Wildman–Crippen LogP) is 20.4. The highest BCUT2D eigenvalue weighted by molar-refractivity contribution is 7.47. The summed E-state index contributed by atoms with van der Waals surface area (Å²) in [6.07, 6.45) is 82.7. The van der Waals surface area contributed by atoms with E-state index in [-0.39, 0.29) is 19.1 Å². The minimum absolute atomic E-state index is 0.0563. The van der Waals surface area contributed by atoms with Crippen molar-refractivity contribution in [3.05, 3.63) is 85.1 Å². The number of amides is 1. The number of aliphatic hydroxyl groups is 1. The van der Waals surface area contributed by atoms with Crippen LogP contribution in [0.25, 0.3) is 0 Å². The number of phosphoric ester groups is 1. The lowest BCUT2D eigenvalue weighted by atomic mass is 10.0. The molecule has 0 aliphatic rings. The molecule has 1 amide bonds.